The van der Waals surface area contributed by atoms with Crippen LogP contribution >= 0.6 is 0 Å². The van der Waals surface area contributed by atoms with Crippen LogP contribution in [0.5, 0.6) is 11.5 Å². The molecule has 4 nitrogen and oxygen atoms in total. The van der Waals surface area contributed by atoms with Gasteiger partial charge in [0, 0.05) is 11.6 Å². The molecule has 3 aromatic carbocycles. The molecule has 0 amide bonds. The van der Waals surface area contributed by atoms with Crippen molar-refractivity contribution in [2.75, 3.05) is 12.4 Å². The molecule has 0 saturated heterocycles. The minimum absolute atomic E-state index is 0.185. The molecule has 0 saturated carbocycles. The number of esters is 1. The molecular weight excluding hydrogens is 374 g/mol. The van der Waals surface area contributed by atoms with Crippen LogP contribution in [-0.4, -0.2) is 13.1 Å². The molecule has 150 valence electrons. The van der Waals surface area contributed by atoms with Crippen LogP contribution in [0.2, 0.25) is 0 Å². The Bertz CT molecular complexity index is 1090. The number of ether oxygens (including phenoxy) is 2. The normalized spacial score (nSPS) is 21.3. The number of fused-ring (bicyclic) bond motifs is 3. The third kappa shape index (κ3) is 3.35. The van der Waals surface area contributed by atoms with Crippen molar-refractivity contribution in [3.05, 3.63) is 102 Å². The Balaban J connectivity index is 1.44. The molecule has 1 aliphatic heterocycles. The van der Waals surface area contributed by atoms with Gasteiger partial charge < -0.3 is 14.8 Å². The van der Waals surface area contributed by atoms with Crippen LogP contribution in [0.1, 0.15) is 39.9 Å². The number of benzene rings is 3. The first-order valence-electron chi connectivity index (χ1n) is 10.2. The van der Waals surface area contributed by atoms with E-state index in [0.29, 0.717) is 17.4 Å². The smallest absolute Gasteiger partial charge is 0.337 e. The number of hydrogen-bond acceptors (Lipinski definition) is 4. The number of carbonyl (C=O) groups excluding carboxylic acids is 1. The van der Waals surface area contributed by atoms with Gasteiger partial charge in [-0.1, -0.05) is 42.5 Å². The Labute approximate surface area is 176 Å². The summed E-state index contributed by atoms with van der Waals surface area (Å²) in [6, 6.07) is 24.0. The molecule has 0 radical (unpaired) electrons. The number of allylic oxidation sites excluding steroid dienone is 2. The first-order chi connectivity index (χ1) is 14.7. The van der Waals surface area contributed by atoms with Crippen molar-refractivity contribution in [1.29, 1.82) is 0 Å². The Kier molecular flexibility index (Phi) is 4.75. The lowest BCUT2D eigenvalue weighted by Gasteiger charge is -2.37. The van der Waals surface area contributed by atoms with Gasteiger partial charge in [0.15, 0.2) is 0 Å². The van der Waals surface area contributed by atoms with Crippen LogP contribution in [0, 0.1) is 5.92 Å². The maximum Gasteiger partial charge on any atom is 0.337 e. The topological polar surface area (TPSA) is 47.6 Å². The van der Waals surface area contributed by atoms with E-state index in [2.05, 4.69) is 29.6 Å². The second-order valence-corrected chi connectivity index (χ2v) is 7.75. The Morgan fingerprint density at radius 2 is 1.77 bits per heavy atom. The summed E-state index contributed by atoms with van der Waals surface area (Å²) < 4.78 is 10.9. The average Bonchev–Trinajstić information content (AvgIpc) is 3.29. The molecule has 30 heavy (non-hydrogen) atoms. The van der Waals surface area contributed by atoms with Gasteiger partial charge >= 0.3 is 5.97 Å². The van der Waals surface area contributed by atoms with E-state index in [4.69, 9.17) is 9.47 Å². The van der Waals surface area contributed by atoms with Gasteiger partial charge in [0.1, 0.15) is 11.5 Å². The summed E-state index contributed by atoms with van der Waals surface area (Å²) in [4.78, 5) is 11.8. The average molecular weight is 397 g/mol. The first kappa shape index (κ1) is 18.5. The minimum Gasteiger partial charge on any atom is -0.465 e. The van der Waals surface area contributed by atoms with Gasteiger partial charge in [-0.15, -0.1) is 0 Å². The summed E-state index contributed by atoms with van der Waals surface area (Å²) in [5, 5.41) is 3.73. The number of hydrogen-bond donors (Lipinski definition) is 1. The van der Waals surface area contributed by atoms with Crippen molar-refractivity contribution in [2.24, 2.45) is 5.92 Å². The van der Waals surface area contributed by atoms with E-state index in [1.54, 1.807) is 0 Å². The summed E-state index contributed by atoms with van der Waals surface area (Å²) in [6.45, 7) is 0. The Morgan fingerprint density at radius 1 is 0.967 bits per heavy atom. The quantitative estimate of drug-likeness (QED) is 0.427. The molecule has 3 aromatic rings. The van der Waals surface area contributed by atoms with Crippen LogP contribution in [0.4, 0.5) is 5.69 Å². The predicted molar refractivity (Wildman–Crippen MR) is 117 cm³/mol. The highest BCUT2D eigenvalue weighted by Gasteiger charge is 2.38. The molecule has 0 spiro atoms. The van der Waals surface area contributed by atoms with Gasteiger partial charge in [-0.05, 0) is 65.9 Å². The van der Waals surface area contributed by atoms with E-state index in [9.17, 15) is 4.79 Å². The lowest BCUT2D eigenvalue weighted by molar-refractivity contribution is 0.0600. The zero-order chi connectivity index (χ0) is 20.5. The highest BCUT2D eigenvalue weighted by Crippen LogP contribution is 2.50. The number of carbonyl (C=O) groups is 1. The van der Waals surface area contributed by atoms with Crippen LogP contribution < -0.4 is 10.1 Å². The molecule has 2 aliphatic rings. The fraction of sp³-hybridized carbons (Fsp3) is 0.192. The molecule has 1 aliphatic carbocycles. The summed E-state index contributed by atoms with van der Waals surface area (Å²) >= 11 is 0. The van der Waals surface area contributed by atoms with Gasteiger partial charge in [-0.3, -0.25) is 0 Å². The van der Waals surface area contributed by atoms with Crippen molar-refractivity contribution >= 4 is 11.7 Å². The van der Waals surface area contributed by atoms with Gasteiger partial charge in [0.25, 0.3) is 0 Å². The highest BCUT2D eigenvalue weighted by atomic mass is 16.5. The van der Waals surface area contributed by atoms with Crippen molar-refractivity contribution in [3.8, 4) is 11.5 Å². The van der Waals surface area contributed by atoms with Crippen LogP contribution in [0.3, 0.4) is 0 Å². The summed E-state index contributed by atoms with van der Waals surface area (Å²) in [5.41, 5.74) is 4.15. The fourth-order valence-corrected chi connectivity index (χ4v) is 4.53. The largest absolute Gasteiger partial charge is 0.465 e. The number of methoxy groups -OCH3 is 1. The van der Waals surface area contributed by atoms with Crippen LogP contribution in [0.25, 0.3) is 0 Å². The fourth-order valence-electron chi connectivity index (χ4n) is 4.53. The maximum absolute atomic E-state index is 11.8. The second-order valence-electron chi connectivity index (χ2n) is 7.75. The van der Waals surface area contributed by atoms with Gasteiger partial charge in [-0.25, -0.2) is 4.79 Å². The van der Waals surface area contributed by atoms with Gasteiger partial charge in [-0.2, -0.15) is 0 Å². The number of rotatable bonds is 4. The highest BCUT2D eigenvalue weighted by molar-refractivity contribution is 5.89. The number of nitrogens with one attached hydrogen (secondary N) is 1. The molecule has 0 aromatic heterocycles. The molecule has 0 unspecified atom stereocenters. The van der Waals surface area contributed by atoms with Crippen LogP contribution in [-0.2, 0) is 4.74 Å². The third-order valence-corrected chi connectivity index (χ3v) is 6.00. The molecule has 0 bridgehead atoms. The maximum atomic E-state index is 11.8. The molecular formula is C26H23NO3. The molecule has 1 N–H and O–H groups in total. The van der Waals surface area contributed by atoms with E-state index < -0.39 is 0 Å². The number of anilines is 1. The van der Waals surface area contributed by atoms with E-state index in [0.717, 1.165) is 23.6 Å². The Hall–Kier alpha value is -3.53. The predicted octanol–water partition coefficient (Wildman–Crippen LogP) is 6.09. The first-order valence-corrected chi connectivity index (χ1v) is 10.2. The van der Waals surface area contributed by atoms with Gasteiger partial charge in [0.2, 0.25) is 0 Å². The lowest BCUT2D eigenvalue weighted by atomic mass is 9.77. The van der Waals surface area contributed by atoms with Crippen molar-refractivity contribution in [1.82, 2.24) is 0 Å². The zero-order valence-electron chi connectivity index (χ0n) is 16.7. The molecule has 0 fully saturated rings. The summed E-state index contributed by atoms with van der Waals surface area (Å²) in [7, 11) is 1.40. The zero-order valence-corrected chi connectivity index (χ0v) is 16.7. The van der Waals surface area contributed by atoms with Crippen molar-refractivity contribution in [3.63, 3.8) is 0 Å². The molecule has 5 rings (SSSR count). The number of para-hydroxylation sites is 1. The second kappa shape index (κ2) is 7.71. The van der Waals surface area contributed by atoms with Gasteiger partial charge in [0.05, 0.1) is 18.7 Å². The Morgan fingerprint density at radius 3 is 2.53 bits per heavy atom. The third-order valence-electron chi connectivity index (χ3n) is 6.00. The van der Waals surface area contributed by atoms with Crippen LogP contribution in [0.15, 0.2) is 84.9 Å². The molecule has 3 atom stereocenters. The van der Waals surface area contributed by atoms with Crippen molar-refractivity contribution in [2.45, 2.75) is 18.4 Å². The molecule has 1 heterocycles. The van der Waals surface area contributed by atoms with E-state index in [1.807, 2.05) is 60.7 Å². The molecule has 4 heteroatoms. The summed E-state index contributed by atoms with van der Waals surface area (Å²) in [6.07, 6.45) is 5.60. The van der Waals surface area contributed by atoms with Crippen molar-refractivity contribution < 1.29 is 14.3 Å². The minimum atomic E-state index is -0.310. The SMILES string of the molecule is COC(=O)c1ccc([C@@H]2Nc3ccc(Oc4ccccc4)cc3[C@@H]3C=CC[C@@H]32)cc1. The lowest BCUT2D eigenvalue weighted by Crippen LogP contribution is -2.29. The van der Waals surface area contributed by atoms with E-state index in [-0.39, 0.29) is 12.0 Å². The monoisotopic (exact) mass is 397 g/mol. The van der Waals surface area contributed by atoms with E-state index >= 15 is 0 Å². The standard InChI is InChI=1S/C26H23NO3/c1-29-26(28)18-12-10-17(11-13-18)25-22-9-5-8-21(22)23-16-20(14-15-24(23)27-25)30-19-6-3-2-4-7-19/h2-8,10-16,21-22,25,27H,9H2,1H3/t21-,22+,25+/m1/s1. The van der Waals surface area contributed by atoms with E-state index in [1.165, 1.54) is 18.2 Å². The summed E-state index contributed by atoms with van der Waals surface area (Å²) in [5.74, 6) is 2.14.